The molecule has 0 aliphatic rings. The van der Waals surface area contributed by atoms with E-state index in [1.165, 1.54) is 0 Å². The van der Waals surface area contributed by atoms with E-state index in [-0.39, 0.29) is 6.61 Å². The molecule has 0 radical (unpaired) electrons. The molecule has 0 saturated carbocycles. The number of hydrogen-bond acceptors (Lipinski definition) is 11. The van der Waals surface area contributed by atoms with E-state index in [0.29, 0.717) is 65.1 Å². The molecule has 39 heavy (non-hydrogen) atoms. The summed E-state index contributed by atoms with van der Waals surface area (Å²) < 4.78 is 68.1. The zero-order valence-corrected chi connectivity index (χ0v) is 30.1. The fraction of sp³-hybridized carbons (Fsp3) is 1.00. The van der Waals surface area contributed by atoms with E-state index < -0.39 is 39.7 Å². The maximum atomic E-state index is 10.7. The van der Waals surface area contributed by atoms with Crippen LogP contribution in [-0.4, -0.2) is 97.4 Å². The first-order valence-electron chi connectivity index (χ1n) is 14.0. The molecule has 0 aliphatic carbocycles. The Morgan fingerprint density at radius 3 is 1.00 bits per heavy atom. The van der Waals surface area contributed by atoms with Crippen LogP contribution in [0.1, 0.15) is 76.2 Å². The van der Waals surface area contributed by atoms with E-state index in [1.807, 2.05) is 76.2 Å². The molecule has 0 heterocycles. The van der Waals surface area contributed by atoms with Crippen LogP contribution in [-0.2, 0) is 48.9 Å². The topological polar surface area (TPSA) is 130 Å². The van der Waals surface area contributed by atoms with Gasteiger partial charge in [-0.15, -0.1) is 9.42 Å². The average molecular weight is 640 g/mol. The van der Waals surface area contributed by atoms with Crippen LogP contribution in [0, 0.1) is 0 Å². The maximum Gasteiger partial charge on any atom is 0.694 e. The van der Waals surface area contributed by atoms with Crippen molar-refractivity contribution < 1.29 is 53.8 Å². The Morgan fingerprint density at radius 2 is 0.795 bits per heavy atom. The van der Waals surface area contributed by atoms with E-state index in [0.717, 1.165) is 0 Å². The lowest BCUT2D eigenvalue weighted by molar-refractivity contribution is 0.0385. The van der Waals surface area contributed by atoms with E-state index in [4.69, 9.17) is 49.3 Å². The summed E-state index contributed by atoms with van der Waals surface area (Å²) in [7, 11) is -11.3. The maximum absolute atomic E-state index is 10.7. The van der Waals surface area contributed by atoms with Crippen molar-refractivity contribution in [3.8, 4) is 0 Å². The smallest absolute Gasteiger partial charge is 0.374 e. The SMILES string of the molecule is CCO[Si](C[Si](OCC)(OCC)OCC)(OCC)OCC.CCO[Si](OCC)(OCC)C(C)(C)CO[P+](=O)O. The summed E-state index contributed by atoms with van der Waals surface area (Å²) in [5, 5.41) is -0.594. The molecule has 12 nitrogen and oxygen atoms in total. The zero-order valence-electron chi connectivity index (χ0n) is 26.2. The molecule has 0 fully saturated rings. The van der Waals surface area contributed by atoms with Crippen molar-refractivity contribution in [2.75, 3.05) is 66.1 Å². The van der Waals surface area contributed by atoms with E-state index >= 15 is 0 Å². The molecule has 0 aliphatic heterocycles. The second-order valence-corrected chi connectivity index (χ2v) is 18.3. The minimum Gasteiger partial charge on any atom is -0.374 e. The van der Waals surface area contributed by atoms with Gasteiger partial charge in [0.25, 0.3) is 0 Å². The highest BCUT2D eigenvalue weighted by atomic mass is 31.1. The lowest BCUT2D eigenvalue weighted by Gasteiger charge is -2.39. The summed E-state index contributed by atoms with van der Waals surface area (Å²) >= 11 is 0. The molecule has 1 N–H and O–H groups in total. The summed E-state index contributed by atoms with van der Waals surface area (Å²) in [5.74, 6) is 0. The summed E-state index contributed by atoms with van der Waals surface area (Å²) in [6.07, 6.45) is 0. The molecule has 0 aromatic heterocycles. The minimum absolute atomic E-state index is 0.0466. The van der Waals surface area contributed by atoms with Crippen molar-refractivity contribution >= 4 is 34.7 Å². The lowest BCUT2D eigenvalue weighted by atomic mass is 10.2. The fourth-order valence-electron chi connectivity index (χ4n) is 3.73. The van der Waals surface area contributed by atoms with E-state index in [9.17, 15) is 4.57 Å². The van der Waals surface area contributed by atoms with Gasteiger partial charge < -0.3 is 39.8 Å². The Morgan fingerprint density at radius 1 is 0.538 bits per heavy atom. The molecular formula is C23H56O12PSi3+. The Labute approximate surface area is 241 Å². The van der Waals surface area contributed by atoms with Gasteiger partial charge in [-0.1, -0.05) is 13.8 Å². The van der Waals surface area contributed by atoms with Crippen LogP contribution >= 0.6 is 8.25 Å². The molecule has 0 aromatic rings. The molecule has 16 heteroatoms. The molecule has 0 bridgehead atoms. The normalized spacial score (nSPS) is 13.3. The van der Waals surface area contributed by atoms with Gasteiger partial charge in [-0.2, -0.15) is 0 Å². The molecule has 236 valence electrons. The first kappa shape index (κ1) is 41.4. The third-order valence-electron chi connectivity index (χ3n) is 4.99. The quantitative estimate of drug-likeness (QED) is 0.111. The predicted molar refractivity (Wildman–Crippen MR) is 157 cm³/mol. The van der Waals surface area contributed by atoms with Crippen molar-refractivity contribution in [2.45, 2.75) is 86.9 Å². The summed E-state index contributed by atoms with van der Waals surface area (Å²) in [6, 6.07) is 0. The molecule has 0 rings (SSSR count). The van der Waals surface area contributed by atoms with Crippen molar-refractivity contribution in [1.82, 2.24) is 0 Å². The van der Waals surface area contributed by atoms with Gasteiger partial charge in [-0.3, -0.25) is 0 Å². The Bertz CT molecular complexity index is 544. The largest absolute Gasteiger partial charge is 0.694 e. The molecule has 0 amide bonds. The van der Waals surface area contributed by atoms with E-state index in [1.54, 1.807) is 0 Å². The number of rotatable bonds is 24. The van der Waals surface area contributed by atoms with Crippen LogP contribution in [0.4, 0.5) is 0 Å². The Hall–Kier alpha value is 0.311. The Kier molecular flexibility index (Phi) is 24.3. The van der Waals surface area contributed by atoms with E-state index in [2.05, 4.69) is 0 Å². The van der Waals surface area contributed by atoms with Gasteiger partial charge in [0, 0.05) is 64.0 Å². The van der Waals surface area contributed by atoms with Gasteiger partial charge in [0.05, 0.1) is 10.7 Å². The third-order valence-corrected chi connectivity index (χ3v) is 17.0. The monoisotopic (exact) mass is 639 g/mol. The highest BCUT2D eigenvalue weighted by molar-refractivity contribution is 7.32. The van der Waals surface area contributed by atoms with Crippen LogP contribution in [0.25, 0.3) is 0 Å². The fourth-order valence-corrected chi connectivity index (χ4v) is 14.8. The van der Waals surface area contributed by atoms with Gasteiger partial charge in [-0.25, -0.2) is 0 Å². The van der Waals surface area contributed by atoms with Crippen LogP contribution in [0.15, 0.2) is 0 Å². The molecule has 0 saturated heterocycles. The van der Waals surface area contributed by atoms with Crippen molar-refractivity contribution in [3.63, 3.8) is 0 Å². The predicted octanol–water partition coefficient (Wildman–Crippen LogP) is 5.10. The first-order chi connectivity index (χ1) is 18.4. The van der Waals surface area contributed by atoms with Gasteiger partial charge in [0.1, 0.15) is 6.61 Å². The Balaban J connectivity index is 0. The average Bonchev–Trinajstić information content (AvgIpc) is 2.84. The van der Waals surface area contributed by atoms with Crippen LogP contribution in [0.3, 0.4) is 0 Å². The van der Waals surface area contributed by atoms with Gasteiger partial charge >= 0.3 is 34.7 Å². The van der Waals surface area contributed by atoms with Crippen LogP contribution in [0.2, 0.25) is 10.7 Å². The molecule has 0 spiro atoms. The molecule has 1 atom stereocenters. The van der Waals surface area contributed by atoms with Crippen LogP contribution in [0.5, 0.6) is 0 Å². The van der Waals surface area contributed by atoms with Crippen molar-refractivity contribution in [1.29, 1.82) is 0 Å². The van der Waals surface area contributed by atoms with Gasteiger partial charge in [0.2, 0.25) is 0 Å². The lowest BCUT2D eigenvalue weighted by Crippen LogP contribution is -2.58. The third kappa shape index (κ3) is 15.4. The first-order valence-corrected chi connectivity index (χ1v) is 20.7. The molecule has 0 aromatic carbocycles. The summed E-state index contributed by atoms with van der Waals surface area (Å²) in [6.45, 7) is 25.5. The zero-order chi connectivity index (χ0) is 30.4. The van der Waals surface area contributed by atoms with Gasteiger partial charge in [-0.05, 0) is 62.3 Å². The second-order valence-electron chi connectivity index (χ2n) is 8.39. The van der Waals surface area contributed by atoms with Crippen molar-refractivity contribution in [2.24, 2.45) is 0 Å². The van der Waals surface area contributed by atoms with Gasteiger partial charge in [0.15, 0.2) is 0 Å². The van der Waals surface area contributed by atoms with Crippen molar-refractivity contribution in [3.05, 3.63) is 0 Å². The second kappa shape index (κ2) is 22.9. The summed E-state index contributed by atoms with van der Waals surface area (Å²) in [5.41, 5.74) is 0.449. The standard InChI is InChI=1S/C13H32O6Si2.C10H23O6PSi/c1-7-14-20(15-8-2,16-9-3)13-21(17-10-4,18-11-5)19-12-6;1-6-14-18(15-7-2,16-8-3)10(4,5)9-13-17(11)12/h7-13H2,1-6H3;6-9H2,1-5H3/p+1. The highest BCUT2D eigenvalue weighted by Gasteiger charge is 2.57. The minimum atomic E-state index is -2.95. The highest BCUT2D eigenvalue weighted by Crippen LogP contribution is 2.41. The molecule has 1 unspecified atom stereocenters. The molecular weight excluding hydrogens is 583 g/mol. The van der Waals surface area contributed by atoms with Crippen LogP contribution < -0.4 is 0 Å². The summed E-state index contributed by atoms with van der Waals surface area (Å²) in [4.78, 5) is 8.75. The number of hydrogen-bond donors (Lipinski definition) is 1.